The van der Waals surface area contributed by atoms with Crippen molar-refractivity contribution < 1.29 is 0 Å². The van der Waals surface area contributed by atoms with Crippen LogP contribution in [0.25, 0.3) is 6.08 Å². The van der Waals surface area contributed by atoms with Gasteiger partial charge >= 0.3 is 0 Å². The van der Waals surface area contributed by atoms with Gasteiger partial charge in [0.25, 0.3) is 0 Å². The maximum Gasteiger partial charge on any atom is -0.0263 e. The molecule has 0 unspecified atom stereocenters. The fourth-order valence-corrected chi connectivity index (χ4v) is 0.974. The summed E-state index contributed by atoms with van der Waals surface area (Å²) in [7, 11) is 0. The Balaban J connectivity index is 0.000000257. The molecule has 0 radical (unpaired) electrons. The molecule has 0 aromatic heterocycles. The fourth-order valence-electron chi connectivity index (χ4n) is 0.974. The van der Waals surface area contributed by atoms with E-state index in [0.717, 1.165) is 0 Å². The minimum atomic E-state index is 1.17. The quantitative estimate of drug-likeness (QED) is 0.567. The Morgan fingerprint density at radius 3 is 1.28 bits per heavy atom. The molecule has 2 rings (SSSR count). The van der Waals surface area contributed by atoms with E-state index in [2.05, 4.69) is 13.2 Å². The molecule has 0 aliphatic rings. The summed E-state index contributed by atoms with van der Waals surface area (Å²) in [5.41, 5.74) is 2.34. The highest BCUT2D eigenvalue weighted by atomic mass is 13.8. The van der Waals surface area contributed by atoms with Crippen LogP contribution in [0, 0.1) is 0 Å². The first kappa shape index (κ1) is 15.9. The number of benzene rings is 2. The van der Waals surface area contributed by atoms with E-state index in [1.807, 2.05) is 86.7 Å². The standard InChI is InChI=1S/C8H8.C6H6.C4H8/c1-2-8-6-4-3-5-7-8;1-2-4-6-5-3-1;1-4(2)3/h2-7H,1H2;1-6H;1H2,2-3H3. The van der Waals surface area contributed by atoms with E-state index < -0.39 is 0 Å². The van der Waals surface area contributed by atoms with Crippen LogP contribution in [0.15, 0.2) is 85.5 Å². The van der Waals surface area contributed by atoms with Gasteiger partial charge in [-0.3, -0.25) is 0 Å². The Morgan fingerprint density at radius 2 is 1.06 bits per heavy atom. The summed E-state index contributed by atoms with van der Waals surface area (Å²) in [5.74, 6) is 0. The summed E-state index contributed by atoms with van der Waals surface area (Å²) in [6.07, 6.45) is 1.83. The lowest BCUT2D eigenvalue weighted by molar-refractivity contribution is 1.42. The number of rotatable bonds is 1. The third-order valence-corrected chi connectivity index (χ3v) is 1.70. The van der Waals surface area contributed by atoms with E-state index >= 15 is 0 Å². The molecule has 0 atom stereocenters. The highest BCUT2D eigenvalue weighted by Gasteiger charge is 1.75. The molecule has 0 aliphatic heterocycles. The molecule has 0 spiro atoms. The van der Waals surface area contributed by atoms with E-state index in [1.54, 1.807) is 0 Å². The van der Waals surface area contributed by atoms with Gasteiger partial charge < -0.3 is 0 Å². The Labute approximate surface area is 111 Å². The average Bonchev–Trinajstić information content (AvgIpc) is 2.42. The normalized spacial score (nSPS) is 7.89. The molecule has 18 heavy (non-hydrogen) atoms. The molecule has 2 aromatic carbocycles. The molecule has 0 heteroatoms. The molecular weight excluding hydrogens is 216 g/mol. The van der Waals surface area contributed by atoms with Crippen molar-refractivity contribution in [3.63, 3.8) is 0 Å². The molecule has 0 N–H and O–H groups in total. The number of allylic oxidation sites excluding steroid dienone is 1. The summed E-state index contributed by atoms with van der Waals surface area (Å²) in [6.45, 7) is 11.1. The van der Waals surface area contributed by atoms with Crippen molar-refractivity contribution >= 4 is 6.08 Å². The van der Waals surface area contributed by atoms with Gasteiger partial charge in [-0.2, -0.15) is 0 Å². The second-order valence-electron chi connectivity index (χ2n) is 3.98. The van der Waals surface area contributed by atoms with Crippen molar-refractivity contribution in [1.82, 2.24) is 0 Å². The van der Waals surface area contributed by atoms with E-state index in [-0.39, 0.29) is 0 Å². The van der Waals surface area contributed by atoms with Crippen LogP contribution in [0.4, 0.5) is 0 Å². The summed E-state index contributed by atoms with van der Waals surface area (Å²) >= 11 is 0. The van der Waals surface area contributed by atoms with Gasteiger partial charge in [0, 0.05) is 0 Å². The van der Waals surface area contributed by atoms with Crippen molar-refractivity contribution in [3.05, 3.63) is 91.0 Å². The maximum atomic E-state index is 3.63. The average molecular weight is 238 g/mol. The topological polar surface area (TPSA) is 0 Å². The Morgan fingerprint density at radius 1 is 0.778 bits per heavy atom. The van der Waals surface area contributed by atoms with Crippen LogP contribution in [0.1, 0.15) is 19.4 Å². The van der Waals surface area contributed by atoms with Crippen LogP contribution in [0.3, 0.4) is 0 Å². The summed E-state index contributed by atoms with van der Waals surface area (Å²) in [6, 6.07) is 22.0. The Hall–Kier alpha value is -2.08. The lowest BCUT2D eigenvalue weighted by Crippen LogP contribution is -1.63. The number of hydrogen-bond acceptors (Lipinski definition) is 0. The van der Waals surface area contributed by atoms with Crippen LogP contribution in [-0.4, -0.2) is 0 Å². The van der Waals surface area contributed by atoms with Crippen molar-refractivity contribution in [2.24, 2.45) is 0 Å². The maximum absolute atomic E-state index is 3.63. The van der Waals surface area contributed by atoms with Gasteiger partial charge in [0.1, 0.15) is 0 Å². The zero-order valence-electron chi connectivity index (χ0n) is 11.3. The third-order valence-electron chi connectivity index (χ3n) is 1.70. The van der Waals surface area contributed by atoms with Gasteiger partial charge in [0.2, 0.25) is 0 Å². The fraction of sp³-hybridized carbons (Fsp3) is 0.111. The molecule has 0 saturated heterocycles. The molecule has 2 aromatic rings. The molecule has 0 aliphatic carbocycles. The lowest BCUT2D eigenvalue weighted by Gasteiger charge is -1.85. The molecule has 0 bridgehead atoms. The zero-order valence-corrected chi connectivity index (χ0v) is 11.3. The molecule has 0 saturated carbocycles. The lowest BCUT2D eigenvalue weighted by atomic mass is 10.2. The second-order valence-corrected chi connectivity index (χ2v) is 3.98. The predicted octanol–water partition coefficient (Wildman–Crippen LogP) is 5.60. The molecule has 0 nitrogen and oxygen atoms in total. The minimum absolute atomic E-state index is 1.17. The first-order chi connectivity index (χ1) is 8.66. The van der Waals surface area contributed by atoms with Crippen LogP contribution < -0.4 is 0 Å². The highest BCUT2D eigenvalue weighted by Crippen LogP contribution is 1.97. The van der Waals surface area contributed by atoms with Crippen LogP contribution >= 0.6 is 0 Å². The van der Waals surface area contributed by atoms with Gasteiger partial charge in [-0.15, -0.1) is 6.58 Å². The highest BCUT2D eigenvalue weighted by molar-refractivity contribution is 5.45. The molecule has 0 fully saturated rings. The largest absolute Gasteiger partial charge is 0.100 e. The van der Waals surface area contributed by atoms with Gasteiger partial charge in [0.15, 0.2) is 0 Å². The second kappa shape index (κ2) is 11.4. The van der Waals surface area contributed by atoms with E-state index in [9.17, 15) is 0 Å². The van der Waals surface area contributed by atoms with Crippen molar-refractivity contribution in [2.45, 2.75) is 13.8 Å². The minimum Gasteiger partial charge on any atom is -0.100 e. The van der Waals surface area contributed by atoms with Gasteiger partial charge in [-0.25, -0.2) is 0 Å². The SMILES string of the molecule is C=C(C)C.C=Cc1ccccc1.c1ccccc1. The molecule has 0 heterocycles. The van der Waals surface area contributed by atoms with Crippen LogP contribution in [-0.2, 0) is 0 Å². The molecule has 94 valence electrons. The number of hydrogen-bond donors (Lipinski definition) is 0. The first-order valence-corrected chi connectivity index (χ1v) is 5.96. The zero-order chi connectivity index (χ0) is 13.6. The smallest absolute Gasteiger partial charge is 0.0263 e. The summed E-state index contributed by atoms with van der Waals surface area (Å²) < 4.78 is 0. The Bertz CT molecular complexity index is 382. The monoisotopic (exact) mass is 238 g/mol. The van der Waals surface area contributed by atoms with E-state index in [0.29, 0.717) is 0 Å². The van der Waals surface area contributed by atoms with Gasteiger partial charge in [-0.05, 0) is 19.4 Å². The summed E-state index contributed by atoms with van der Waals surface area (Å²) in [5, 5.41) is 0. The van der Waals surface area contributed by atoms with Crippen molar-refractivity contribution in [3.8, 4) is 0 Å². The van der Waals surface area contributed by atoms with Crippen molar-refractivity contribution in [1.29, 1.82) is 0 Å². The van der Waals surface area contributed by atoms with Gasteiger partial charge in [0.05, 0.1) is 0 Å². The van der Waals surface area contributed by atoms with Crippen LogP contribution in [0.5, 0.6) is 0 Å². The van der Waals surface area contributed by atoms with Crippen LogP contribution in [0.2, 0.25) is 0 Å². The Kier molecular flexibility index (Phi) is 10.1. The first-order valence-electron chi connectivity index (χ1n) is 5.96. The predicted molar refractivity (Wildman–Crippen MR) is 83.5 cm³/mol. The summed E-state index contributed by atoms with van der Waals surface area (Å²) in [4.78, 5) is 0. The third kappa shape index (κ3) is 12.0. The van der Waals surface area contributed by atoms with E-state index in [4.69, 9.17) is 0 Å². The molecule has 0 amide bonds. The van der Waals surface area contributed by atoms with Gasteiger partial charge in [-0.1, -0.05) is 85.0 Å². The van der Waals surface area contributed by atoms with E-state index in [1.165, 1.54) is 11.1 Å². The van der Waals surface area contributed by atoms with Crippen molar-refractivity contribution in [2.75, 3.05) is 0 Å². The molecular formula is C18H22.